The number of carbonyl (C=O) groups excluding carboxylic acids is 2. The first-order chi connectivity index (χ1) is 12.6. The summed E-state index contributed by atoms with van der Waals surface area (Å²) in [7, 11) is 0. The van der Waals surface area contributed by atoms with Gasteiger partial charge in [0, 0.05) is 18.2 Å². The Hall–Kier alpha value is -2.07. The van der Waals surface area contributed by atoms with Crippen LogP contribution in [0.2, 0.25) is 5.02 Å². The fourth-order valence-electron chi connectivity index (χ4n) is 2.50. The van der Waals surface area contributed by atoms with Crippen molar-refractivity contribution in [2.24, 2.45) is 5.73 Å². The molecule has 1 aliphatic carbocycles. The fraction of sp³-hybridized carbons (Fsp3) is 0.500. The van der Waals surface area contributed by atoms with Crippen LogP contribution in [-0.4, -0.2) is 36.4 Å². The Labute approximate surface area is 156 Å². The summed E-state index contributed by atoms with van der Waals surface area (Å²) in [6.45, 7) is 0. The average Bonchev–Trinajstić information content (AvgIpc) is 2.58. The maximum atomic E-state index is 13.2. The summed E-state index contributed by atoms with van der Waals surface area (Å²) < 4.78 is 59.8. The zero-order chi connectivity index (χ0) is 20.2. The molecule has 1 amide bonds. The zero-order valence-electron chi connectivity index (χ0n) is 13.9. The second-order valence-corrected chi connectivity index (χ2v) is 6.46. The third kappa shape index (κ3) is 6.24. The number of hydrogen-bond donors (Lipinski definition) is 2. The van der Waals surface area contributed by atoms with Gasteiger partial charge in [-0.05, 0) is 37.8 Å². The highest BCUT2D eigenvalue weighted by molar-refractivity contribution is 6.30. The number of halogens is 5. The first-order valence-corrected chi connectivity index (χ1v) is 8.39. The van der Waals surface area contributed by atoms with Crippen molar-refractivity contribution < 1.29 is 36.6 Å². The third-order valence-corrected chi connectivity index (χ3v) is 4.20. The van der Waals surface area contributed by atoms with Gasteiger partial charge in [-0.1, -0.05) is 11.6 Å². The molecule has 2 rings (SSSR count). The number of amides is 1. The molecule has 0 bridgehead atoms. The van der Waals surface area contributed by atoms with Crippen LogP contribution in [-0.2, 0) is 14.3 Å². The van der Waals surface area contributed by atoms with E-state index in [0.717, 1.165) is 18.2 Å². The number of benzene rings is 1. The summed E-state index contributed by atoms with van der Waals surface area (Å²) >= 11 is 5.57. The van der Waals surface area contributed by atoms with Crippen LogP contribution in [0.5, 0.6) is 5.75 Å². The Morgan fingerprint density at radius 1 is 1.22 bits per heavy atom. The van der Waals surface area contributed by atoms with Crippen LogP contribution in [0, 0.1) is 5.82 Å². The predicted octanol–water partition coefficient (Wildman–Crippen LogP) is 2.68. The zero-order valence-corrected chi connectivity index (χ0v) is 14.6. The number of esters is 1. The van der Waals surface area contributed by atoms with Gasteiger partial charge in [-0.25, -0.2) is 9.18 Å². The molecule has 1 atom stereocenters. The molecular formula is C16H17ClF4N2O4. The maximum Gasteiger partial charge on any atom is 0.491 e. The first-order valence-electron chi connectivity index (χ1n) is 8.01. The van der Waals surface area contributed by atoms with E-state index in [-0.39, 0.29) is 22.9 Å². The Balaban J connectivity index is 2.11. The first kappa shape index (κ1) is 21.2. The molecule has 1 aliphatic rings. The molecule has 0 saturated heterocycles. The van der Waals surface area contributed by atoms with Crippen LogP contribution >= 0.6 is 11.6 Å². The molecule has 150 valence electrons. The lowest BCUT2D eigenvalue weighted by Crippen LogP contribution is -2.48. The molecule has 27 heavy (non-hydrogen) atoms. The number of nitrogens with two attached hydrogens (primary N) is 1. The summed E-state index contributed by atoms with van der Waals surface area (Å²) in [4.78, 5) is 23.4. The smallest absolute Gasteiger partial charge is 0.446 e. The molecule has 0 radical (unpaired) electrons. The molecule has 11 heteroatoms. The molecule has 0 spiro atoms. The Kier molecular flexibility index (Phi) is 6.88. The summed E-state index contributed by atoms with van der Waals surface area (Å²) in [5.74, 6) is -4.71. The number of ether oxygens (including phenoxy) is 2. The van der Waals surface area contributed by atoms with E-state index < -0.39 is 30.2 Å². The molecule has 3 N–H and O–H groups in total. The predicted molar refractivity (Wildman–Crippen MR) is 86.3 cm³/mol. The molecule has 0 aromatic heterocycles. The topological polar surface area (TPSA) is 90.6 Å². The van der Waals surface area contributed by atoms with Crippen molar-refractivity contribution in [3.8, 4) is 5.75 Å². The summed E-state index contributed by atoms with van der Waals surface area (Å²) in [5.41, 5.74) is 5.75. The van der Waals surface area contributed by atoms with Crippen molar-refractivity contribution >= 4 is 23.5 Å². The van der Waals surface area contributed by atoms with Crippen LogP contribution in [0.4, 0.5) is 17.6 Å². The standard InChI is InChI=1S/C16H17ClF4N2O4/c17-11-7-10(5-6-12(11)18)26-14(27-15(25)16(19,20)21)13(24)23-9-3-1-8(22)2-4-9/h5-9,14H,1-4,22H2,(H,23,24). The minimum atomic E-state index is -5.32. The number of nitrogens with one attached hydrogen (secondary N) is 1. The molecular weight excluding hydrogens is 396 g/mol. The molecule has 6 nitrogen and oxygen atoms in total. The highest BCUT2D eigenvalue weighted by Gasteiger charge is 2.44. The quantitative estimate of drug-likeness (QED) is 0.441. The lowest BCUT2D eigenvalue weighted by molar-refractivity contribution is -0.216. The van der Waals surface area contributed by atoms with Crippen molar-refractivity contribution in [3.05, 3.63) is 29.0 Å². The van der Waals surface area contributed by atoms with Crippen molar-refractivity contribution in [3.63, 3.8) is 0 Å². The Bertz CT molecular complexity index is 693. The highest BCUT2D eigenvalue weighted by atomic mass is 35.5. The summed E-state index contributed by atoms with van der Waals surface area (Å²) in [6.07, 6.45) is -5.24. The van der Waals surface area contributed by atoms with Gasteiger partial charge in [0.05, 0.1) is 5.02 Å². The molecule has 0 heterocycles. The van der Waals surface area contributed by atoms with Crippen LogP contribution < -0.4 is 15.8 Å². The van der Waals surface area contributed by atoms with Gasteiger partial charge in [0.1, 0.15) is 11.6 Å². The minimum absolute atomic E-state index is 0.00499. The minimum Gasteiger partial charge on any atom is -0.446 e. The molecule has 1 saturated carbocycles. The monoisotopic (exact) mass is 412 g/mol. The van der Waals surface area contributed by atoms with Crippen LogP contribution in [0.1, 0.15) is 25.7 Å². The molecule has 1 aromatic carbocycles. The van der Waals surface area contributed by atoms with Crippen LogP contribution in [0.25, 0.3) is 0 Å². The second-order valence-electron chi connectivity index (χ2n) is 6.05. The lowest BCUT2D eigenvalue weighted by Gasteiger charge is -2.28. The molecule has 0 aliphatic heterocycles. The fourth-order valence-corrected chi connectivity index (χ4v) is 2.67. The van der Waals surface area contributed by atoms with E-state index in [0.29, 0.717) is 25.7 Å². The number of alkyl halides is 3. The second kappa shape index (κ2) is 8.75. The van der Waals surface area contributed by atoms with E-state index in [4.69, 9.17) is 22.1 Å². The van der Waals surface area contributed by atoms with E-state index in [1.165, 1.54) is 0 Å². The largest absolute Gasteiger partial charge is 0.491 e. The Morgan fingerprint density at radius 3 is 2.41 bits per heavy atom. The lowest BCUT2D eigenvalue weighted by atomic mass is 9.92. The van der Waals surface area contributed by atoms with E-state index in [2.05, 4.69) is 10.1 Å². The van der Waals surface area contributed by atoms with Gasteiger partial charge in [-0.2, -0.15) is 13.2 Å². The average molecular weight is 413 g/mol. The van der Waals surface area contributed by atoms with Gasteiger partial charge in [0.25, 0.3) is 0 Å². The van der Waals surface area contributed by atoms with Crippen molar-refractivity contribution in [1.29, 1.82) is 0 Å². The maximum absolute atomic E-state index is 13.2. The van der Waals surface area contributed by atoms with Crippen molar-refractivity contribution in [2.45, 2.75) is 50.2 Å². The number of carbonyl (C=O) groups is 2. The van der Waals surface area contributed by atoms with E-state index >= 15 is 0 Å². The normalized spacial score (nSPS) is 21.3. The van der Waals surface area contributed by atoms with Crippen molar-refractivity contribution in [2.75, 3.05) is 0 Å². The van der Waals surface area contributed by atoms with Gasteiger partial charge >= 0.3 is 24.3 Å². The number of hydrogen-bond acceptors (Lipinski definition) is 5. The van der Waals surface area contributed by atoms with Crippen molar-refractivity contribution in [1.82, 2.24) is 5.32 Å². The van der Waals surface area contributed by atoms with E-state index in [1.54, 1.807) is 0 Å². The highest BCUT2D eigenvalue weighted by Crippen LogP contribution is 2.24. The van der Waals surface area contributed by atoms with Gasteiger partial charge in [0.2, 0.25) is 0 Å². The molecule has 1 unspecified atom stereocenters. The Morgan fingerprint density at radius 2 is 1.85 bits per heavy atom. The third-order valence-electron chi connectivity index (χ3n) is 3.91. The molecule has 1 aromatic rings. The van der Waals surface area contributed by atoms with Gasteiger partial charge < -0.3 is 20.5 Å². The van der Waals surface area contributed by atoms with Crippen LogP contribution in [0.15, 0.2) is 18.2 Å². The van der Waals surface area contributed by atoms with E-state index in [9.17, 15) is 27.2 Å². The molecule has 1 fully saturated rings. The van der Waals surface area contributed by atoms with Gasteiger partial charge in [0.15, 0.2) is 0 Å². The van der Waals surface area contributed by atoms with Crippen LogP contribution in [0.3, 0.4) is 0 Å². The van der Waals surface area contributed by atoms with Gasteiger partial charge in [-0.15, -0.1) is 0 Å². The summed E-state index contributed by atoms with van der Waals surface area (Å²) in [5, 5.41) is 2.09. The van der Waals surface area contributed by atoms with E-state index in [1.807, 2.05) is 0 Å². The van der Waals surface area contributed by atoms with Gasteiger partial charge in [-0.3, -0.25) is 4.79 Å². The summed E-state index contributed by atoms with van der Waals surface area (Å²) in [6, 6.07) is 2.51. The SMILES string of the molecule is NC1CCC(NC(=O)C(OC(=O)C(F)(F)F)Oc2ccc(F)c(Cl)c2)CC1. The number of rotatable bonds is 5.